The van der Waals surface area contributed by atoms with E-state index >= 15 is 0 Å². The second-order valence-electron chi connectivity index (χ2n) is 4.39. The molecule has 0 unspecified atom stereocenters. The highest BCUT2D eigenvalue weighted by atomic mass is 16.5. The van der Waals surface area contributed by atoms with Crippen LogP contribution in [0.2, 0.25) is 0 Å². The van der Waals surface area contributed by atoms with Crippen LogP contribution >= 0.6 is 0 Å². The van der Waals surface area contributed by atoms with Crippen LogP contribution in [0.4, 0.5) is 0 Å². The van der Waals surface area contributed by atoms with Crippen LogP contribution in [-0.2, 0) is 5.41 Å². The fourth-order valence-corrected chi connectivity index (χ4v) is 2.45. The summed E-state index contributed by atoms with van der Waals surface area (Å²) in [5.74, 6) is 0.942. The van der Waals surface area contributed by atoms with Crippen LogP contribution in [0.3, 0.4) is 0 Å². The van der Waals surface area contributed by atoms with Gasteiger partial charge in [0.1, 0.15) is 5.75 Å². The van der Waals surface area contributed by atoms with Crippen molar-refractivity contribution in [3.05, 3.63) is 29.8 Å². The second-order valence-corrected chi connectivity index (χ2v) is 4.39. The number of hydrogen-bond acceptors (Lipinski definition) is 2. The van der Waals surface area contributed by atoms with E-state index in [1.807, 2.05) is 7.05 Å². The summed E-state index contributed by atoms with van der Waals surface area (Å²) in [4.78, 5) is 0. The number of rotatable bonds is 4. The number of ether oxygens (including phenoxy) is 1. The van der Waals surface area contributed by atoms with Crippen LogP contribution in [0, 0.1) is 0 Å². The summed E-state index contributed by atoms with van der Waals surface area (Å²) >= 11 is 0. The van der Waals surface area contributed by atoms with Crippen LogP contribution in [-0.4, -0.2) is 20.7 Å². The molecule has 1 aromatic carbocycles. The second kappa shape index (κ2) is 4.23. The van der Waals surface area contributed by atoms with Gasteiger partial charge in [-0.25, -0.2) is 0 Å². The first-order chi connectivity index (χ1) is 7.30. The van der Waals surface area contributed by atoms with E-state index in [0.29, 0.717) is 5.41 Å². The molecule has 1 fully saturated rings. The molecule has 1 N–H and O–H groups in total. The highest BCUT2D eigenvalue weighted by molar-refractivity contribution is 5.34. The Balaban J connectivity index is 2.19. The molecule has 2 rings (SSSR count). The van der Waals surface area contributed by atoms with Gasteiger partial charge >= 0.3 is 0 Å². The van der Waals surface area contributed by atoms with Gasteiger partial charge < -0.3 is 10.1 Å². The fraction of sp³-hybridized carbons (Fsp3) is 0.538. The van der Waals surface area contributed by atoms with Crippen molar-refractivity contribution < 1.29 is 4.74 Å². The first kappa shape index (κ1) is 10.5. The lowest BCUT2D eigenvalue weighted by Crippen LogP contribution is -2.42. The molecule has 15 heavy (non-hydrogen) atoms. The Morgan fingerprint density at radius 3 is 2.33 bits per heavy atom. The van der Waals surface area contributed by atoms with E-state index < -0.39 is 0 Å². The third kappa shape index (κ3) is 1.86. The third-order valence-corrected chi connectivity index (χ3v) is 3.53. The standard InChI is InChI=1S/C13H19NO/c1-14-10-13(8-3-9-13)11-4-6-12(15-2)7-5-11/h4-7,14H,3,8-10H2,1-2H3. The summed E-state index contributed by atoms with van der Waals surface area (Å²) in [6.45, 7) is 1.08. The average molecular weight is 205 g/mol. The number of nitrogens with one attached hydrogen (secondary N) is 1. The van der Waals surface area contributed by atoms with Gasteiger partial charge in [-0.1, -0.05) is 18.6 Å². The Labute approximate surface area is 91.6 Å². The van der Waals surface area contributed by atoms with E-state index in [0.717, 1.165) is 12.3 Å². The van der Waals surface area contributed by atoms with E-state index in [1.54, 1.807) is 7.11 Å². The van der Waals surface area contributed by atoms with Gasteiger partial charge in [0.25, 0.3) is 0 Å². The van der Waals surface area contributed by atoms with Crippen molar-refractivity contribution in [3.63, 3.8) is 0 Å². The first-order valence-corrected chi connectivity index (χ1v) is 5.60. The van der Waals surface area contributed by atoms with Crippen molar-refractivity contribution in [2.75, 3.05) is 20.7 Å². The third-order valence-electron chi connectivity index (χ3n) is 3.53. The van der Waals surface area contributed by atoms with Crippen LogP contribution in [0.1, 0.15) is 24.8 Å². The maximum absolute atomic E-state index is 5.18. The molecule has 0 saturated heterocycles. The van der Waals surface area contributed by atoms with Crippen molar-refractivity contribution in [3.8, 4) is 5.75 Å². The largest absolute Gasteiger partial charge is 0.497 e. The highest BCUT2D eigenvalue weighted by Crippen LogP contribution is 2.43. The van der Waals surface area contributed by atoms with E-state index in [9.17, 15) is 0 Å². The molecule has 0 aliphatic heterocycles. The van der Waals surface area contributed by atoms with E-state index in [-0.39, 0.29) is 0 Å². The van der Waals surface area contributed by atoms with E-state index in [1.165, 1.54) is 24.8 Å². The molecule has 2 nitrogen and oxygen atoms in total. The summed E-state index contributed by atoms with van der Waals surface area (Å²) in [7, 11) is 3.74. The molecule has 0 bridgehead atoms. The van der Waals surface area contributed by atoms with Gasteiger partial charge in [0, 0.05) is 12.0 Å². The number of methoxy groups -OCH3 is 1. The van der Waals surface area contributed by atoms with Gasteiger partial charge in [-0.15, -0.1) is 0 Å². The van der Waals surface area contributed by atoms with Crippen molar-refractivity contribution in [1.29, 1.82) is 0 Å². The highest BCUT2D eigenvalue weighted by Gasteiger charge is 2.37. The Bertz CT molecular complexity index is 314. The molecule has 1 aliphatic rings. The van der Waals surface area contributed by atoms with Crippen LogP contribution < -0.4 is 10.1 Å². The molecule has 0 radical (unpaired) electrons. The van der Waals surface area contributed by atoms with Crippen molar-refractivity contribution in [1.82, 2.24) is 5.32 Å². The maximum atomic E-state index is 5.18. The summed E-state index contributed by atoms with van der Waals surface area (Å²) < 4.78 is 5.18. The molecule has 82 valence electrons. The van der Waals surface area contributed by atoms with E-state index in [2.05, 4.69) is 29.6 Å². The monoisotopic (exact) mass is 205 g/mol. The average Bonchev–Trinajstić information content (AvgIpc) is 2.24. The summed E-state index contributed by atoms with van der Waals surface area (Å²) in [5, 5.41) is 3.31. The van der Waals surface area contributed by atoms with Gasteiger partial charge in [0.2, 0.25) is 0 Å². The molecule has 2 heteroatoms. The molecule has 1 aliphatic carbocycles. The summed E-state index contributed by atoms with van der Waals surface area (Å²) in [5.41, 5.74) is 1.84. The fourth-order valence-electron chi connectivity index (χ4n) is 2.45. The minimum atomic E-state index is 0.390. The topological polar surface area (TPSA) is 21.3 Å². The van der Waals surface area contributed by atoms with Crippen molar-refractivity contribution in [2.24, 2.45) is 0 Å². The molecule has 1 saturated carbocycles. The molecular formula is C13H19NO. The lowest BCUT2D eigenvalue weighted by molar-refractivity contribution is 0.239. The molecule has 1 aromatic rings. The normalized spacial score (nSPS) is 18.3. The van der Waals surface area contributed by atoms with Crippen LogP contribution in [0.15, 0.2) is 24.3 Å². The Hall–Kier alpha value is -1.02. The molecule has 0 atom stereocenters. The Morgan fingerprint density at radius 1 is 1.27 bits per heavy atom. The van der Waals surface area contributed by atoms with Crippen LogP contribution in [0.25, 0.3) is 0 Å². The Kier molecular flexibility index (Phi) is 2.96. The molecule has 0 aromatic heterocycles. The summed E-state index contributed by atoms with van der Waals surface area (Å²) in [6, 6.07) is 8.53. The quantitative estimate of drug-likeness (QED) is 0.814. The zero-order valence-electron chi connectivity index (χ0n) is 9.55. The first-order valence-electron chi connectivity index (χ1n) is 5.60. The van der Waals surface area contributed by atoms with Crippen molar-refractivity contribution in [2.45, 2.75) is 24.7 Å². The lowest BCUT2D eigenvalue weighted by Gasteiger charge is -2.42. The van der Waals surface area contributed by atoms with E-state index in [4.69, 9.17) is 4.74 Å². The number of benzene rings is 1. The SMILES string of the molecule is CNCC1(c2ccc(OC)cc2)CCC1. The smallest absolute Gasteiger partial charge is 0.118 e. The van der Waals surface area contributed by atoms with Gasteiger partial charge in [-0.05, 0) is 37.6 Å². The number of hydrogen-bond donors (Lipinski definition) is 1. The predicted octanol–water partition coefficient (Wildman–Crippen LogP) is 2.34. The zero-order valence-corrected chi connectivity index (χ0v) is 9.55. The molecular weight excluding hydrogens is 186 g/mol. The zero-order chi connectivity index (χ0) is 10.7. The molecule has 0 spiro atoms. The van der Waals surface area contributed by atoms with Crippen molar-refractivity contribution >= 4 is 0 Å². The molecule has 0 heterocycles. The van der Waals surface area contributed by atoms with Gasteiger partial charge in [-0.3, -0.25) is 0 Å². The van der Waals surface area contributed by atoms with Crippen LogP contribution in [0.5, 0.6) is 5.75 Å². The Morgan fingerprint density at radius 2 is 1.93 bits per heavy atom. The van der Waals surface area contributed by atoms with Gasteiger partial charge in [0.05, 0.1) is 7.11 Å². The maximum Gasteiger partial charge on any atom is 0.118 e. The van der Waals surface area contributed by atoms with Gasteiger partial charge in [-0.2, -0.15) is 0 Å². The van der Waals surface area contributed by atoms with Gasteiger partial charge in [0.15, 0.2) is 0 Å². The lowest BCUT2D eigenvalue weighted by atomic mass is 9.64. The molecule has 0 amide bonds. The predicted molar refractivity (Wildman–Crippen MR) is 62.4 cm³/mol. The minimum Gasteiger partial charge on any atom is -0.497 e. The number of likely N-dealkylation sites (N-methyl/N-ethyl adjacent to an activating group) is 1. The minimum absolute atomic E-state index is 0.390. The summed E-state index contributed by atoms with van der Waals surface area (Å²) in [6.07, 6.45) is 3.97.